The maximum Gasteiger partial charge on any atom is 0.257 e. The number of nitrogens with one attached hydrogen (secondary N) is 3. The fourth-order valence-corrected chi connectivity index (χ4v) is 2.75. The average molecular weight is 413 g/mol. The van der Waals surface area contributed by atoms with Gasteiger partial charge in [0.1, 0.15) is 17.6 Å². The Hall–Kier alpha value is -3.22. The molecule has 7 nitrogen and oxygen atoms in total. The van der Waals surface area contributed by atoms with Crippen molar-refractivity contribution in [2.45, 2.75) is 33.4 Å². The van der Waals surface area contributed by atoms with Crippen LogP contribution in [-0.2, 0) is 11.3 Å². The van der Waals surface area contributed by atoms with Gasteiger partial charge in [-0.2, -0.15) is 0 Å². The molecule has 0 radical (unpaired) electrons. The molecule has 0 saturated heterocycles. The summed E-state index contributed by atoms with van der Waals surface area (Å²) in [5.74, 6) is 2.07. The SMILES string of the molecule is CCNC(=O)COc1cccc(CNC(=NC)NCC(C)Oc2cccc(C)c2)c1. The van der Waals surface area contributed by atoms with Crippen LogP contribution in [0.15, 0.2) is 53.5 Å². The monoisotopic (exact) mass is 412 g/mol. The van der Waals surface area contributed by atoms with Crippen molar-refractivity contribution in [2.24, 2.45) is 4.99 Å². The number of hydrogen-bond acceptors (Lipinski definition) is 4. The summed E-state index contributed by atoms with van der Waals surface area (Å²) < 4.78 is 11.5. The molecule has 2 aromatic carbocycles. The maximum absolute atomic E-state index is 11.5. The number of hydrogen-bond donors (Lipinski definition) is 3. The first-order valence-electron chi connectivity index (χ1n) is 10.2. The fourth-order valence-electron chi connectivity index (χ4n) is 2.75. The van der Waals surface area contributed by atoms with Gasteiger partial charge in [-0.3, -0.25) is 9.79 Å². The van der Waals surface area contributed by atoms with Gasteiger partial charge in [-0.25, -0.2) is 0 Å². The van der Waals surface area contributed by atoms with Gasteiger partial charge in [0.05, 0.1) is 6.54 Å². The zero-order valence-corrected chi connectivity index (χ0v) is 18.2. The van der Waals surface area contributed by atoms with E-state index in [-0.39, 0.29) is 18.6 Å². The highest BCUT2D eigenvalue weighted by Gasteiger charge is 2.07. The van der Waals surface area contributed by atoms with Crippen molar-refractivity contribution in [3.8, 4) is 11.5 Å². The van der Waals surface area contributed by atoms with Crippen LogP contribution in [0, 0.1) is 6.92 Å². The molecule has 162 valence electrons. The molecule has 0 aromatic heterocycles. The third-order valence-electron chi connectivity index (χ3n) is 4.21. The third-order valence-corrected chi connectivity index (χ3v) is 4.21. The van der Waals surface area contributed by atoms with Crippen LogP contribution in [0.4, 0.5) is 0 Å². The average Bonchev–Trinajstić information content (AvgIpc) is 2.73. The summed E-state index contributed by atoms with van der Waals surface area (Å²) in [5, 5.41) is 9.26. The Kier molecular flexibility index (Phi) is 9.51. The Morgan fingerprint density at radius 2 is 1.83 bits per heavy atom. The van der Waals surface area contributed by atoms with Gasteiger partial charge in [-0.1, -0.05) is 24.3 Å². The molecule has 0 fully saturated rings. The summed E-state index contributed by atoms with van der Waals surface area (Å²) in [5.41, 5.74) is 2.19. The van der Waals surface area contributed by atoms with E-state index in [1.807, 2.05) is 69.3 Å². The molecule has 0 spiro atoms. The van der Waals surface area contributed by atoms with Crippen molar-refractivity contribution in [3.63, 3.8) is 0 Å². The highest BCUT2D eigenvalue weighted by atomic mass is 16.5. The van der Waals surface area contributed by atoms with Crippen molar-refractivity contribution in [2.75, 3.05) is 26.7 Å². The number of aliphatic imine (C=N–C) groups is 1. The first-order valence-corrected chi connectivity index (χ1v) is 10.2. The zero-order valence-electron chi connectivity index (χ0n) is 18.2. The summed E-state index contributed by atoms with van der Waals surface area (Å²) in [6, 6.07) is 15.6. The quantitative estimate of drug-likeness (QED) is 0.413. The molecule has 3 N–H and O–H groups in total. The van der Waals surface area contributed by atoms with Gasteiger partial charge in [-0.15, -0.1) is 0 Å². The van der Waals surface area contributed by atoms with Gasteiger partial charge >= 0.3 is 0 Å². The third kappa shape index (κ3) is 8.43. The van der Waals surface area contributed by atoms with E-state index in [1.54, 1.807) is 7.05 Å². The largest absolute Gasteiger partial charge is 0.489 e. The number of ether oxygens (including phenoxy) is 2. The van der Waals surface area contributed by atoms with Crippen molar-refractivity contribution < 1.29 is 14.3 Å². The minimum atomic E-state index is -0.132. The van der Waals surface area contributed by atoms with E-state index in [0.29, 0.717) is 31.3 Å². The topological polar surface area (TPSA) is 84.0 Å². The van der Waals surface area contributed by atoms with Crippen molar-refractivity contribution in [1.29, 1.82) is 0 Å². The summed E-state index contributed by atoms with van der Waals surface area (Å²) in [7, 11) is 1.73. The van der Waals surface area contributed by atoms with Crippen LogP contribution < -0.4 is 25.4 Å². The summed E-state index contributed by atoms with van der Waals surface area (Å²) in [6.07, 6.45) is -0.0173. The summed E-state index contributed by atoms with van der Waals surface area (Å²) >= 11 is 0. The minimum Gasteiger partial charge on any atom is -0.489 e. The van der Waals surface area contributed by atoms with Gasteiger partial charge in [0, 0.05) is 20.1 Å². The fraction of sp³-hybridized carbons (Fsp3) is 0.391. The Bertz CT molecular complexity index is 839. The molecule has 2 aromatic rings. The number of carbonyl (C=O) groups excluding carboxylic acids is 1. The van der Waals surface area contributed by atoms with Gasteiger partial charge in [0.25, 0.3) is 5.91 Å². The van der Waals surface area contributed by atoms with Crippen LogP contribution in [0.3, 0.4) is 0 Å². The molecule has 2 rings (SSSR count). The molecule has 0 aliphatic rings. The van der Waals surface area contributed by atoms with E-state index in [4.69, 9.17) is 9.47 Å². The van der Waals surface area contributed by atoms with Crippen LogP contribution in [0.2, 0.25) is 0 Å². The van der Waals surface area contributed by atoms with Gasteiger partial charge in [0.15, 0.2) is 12.6 Å². The molecule has 0 aliphatic heterocycles. The van der Waals surface area contributed by atoms with Crippen LogP contribution in [0.1, 0.15) is 25.0 Å². The van der Waals surface area contributed by atoms with E-state index in [9.17, 15) is 4.79 Å². The second-order valence-electron chi connectivity index (χ2n) is 6.94. The Morgan fingerprint density at radius 1 is 1.07 bits per heavy atom. The predicted octanol–water partition coefficient (Wildman–Crippen LogP) is 2.64. The van der Waals surface area contributed by atoms with Gasteiger partial charge < -0.3 is 25.4 Å². The lowest BCUT2D eigenvalue weighted by atomic mass is 10.2. The van der Waals surface area contributed by atoms with Crippen molar-refractivity contribution >= 4 is 11.9 Å². The van der Waals surface area contributed by atoms with Crippen LogP contribution in [0.5, 0.6) is 11.5 Å². The number of guanidine groups is 1. The van der Waals surface area contributed by atoms with Crippen LogP contribution in [-0.4, -0.2) is 44.7 Å². The molecule has 0 bridgehead atoms. The Labute approximate surface area is 178 Å². The highest BCUT2D eigenvalue weighted by Crippen LogP contribution is 2.14. The van der Waals surface area contributed by atoms with E-state index >= 15 is 0 Å². The van der Waals surface area contributed by atoms with Gasteiger partial charge in [0.2, 0.25) is 0 Å². The molecule has 7 heteroatoms. The number of rotatable bonds is 10. The van der Waals surface area contributed by atoms with Crippen LogP contribution >= 0.6 is 0 Å². The number of aryl methyl sites for hydroxylation is 1. The molecule has 0 saturated carbocycles. The van der Waals surface area contributed by atoms with E-state index in [2.05, 4.69) is 20.9 Å². The molecular weight excluding hydrogens is 380 g/mol. The number of benzene rings is 2. The standard InChI is InChI=1S/C23H32N4O3/c1-5-25-22(28)16-29-20-10-7-9-19(13-20)15-27-23(24-4)26-14-18(3)30-21-11-6-8-17(2)12-21/h6-13,18H,5,14-16H2,1-4H3,(H,25,28)(H2,24,26,27). The van der Waals surface area contributed by atoms with Gasteiger partial charge in [-0.05, 0) is 56.2 Å². The maximum atomic E-state index is 11.5. The zero-order chi connectivity index (χ0) is 21.8. The second kappa shape index (κ2) is 12.4. The van der Waals surface area contributed by atoms with E-state index in [0.717, 1.165) is 11.3 Å². The van der Waals surface area contributed by atoms with E-state index in [1.165, 1.54) is 5.56 Å². The lowest BCUT2D eigenvalue weighted by molar-refractivity contribution is -0.122. The number of likely N-dealkylation sites (N-methyl/N-ethyl adjacent to an activating group) is 1. The summed E-state index contributed by atoms with van der Waals surface area (Å²) in [4.78, 5) is 15.8. The molecular formula is C23H32N4O3. The van der Waals surface area contributed by atoms with Crippen LogP contribution in [0.25, 0.3) is 0 Å². The summed E-state index contributed by atoms with van der Waals surface area (Å²) in [6.45, 7) is 7.72. The molecule has 30 heavy (non-hydrogen) atoms. The Morgan fingerprint density at radius 3 is 2.57 bits per heavy atom. The number of carbonyl (C=O) groups is 1. The normalized spacial score (nSPS) is 12.1. The molecule has 0 heterocycles. The van der Waals surface area contributed by atoms with Crippen molar-refractivity contribution in [1.82, 2.24) is 16.0 Å². The number of nitrogens with zero attached hydrogens (tertiary/aromatic N) is 1. The van der Waals surface area contributed by atoms with Crippen molar-refractivity contribution in [3.05, 3.63) is 59.7 Å². The lowest BCUT2D eigenvalue weighted by Crippen LogP contribution is -2.41. The molecule has 1 atom stereocenters. The predicted molar refractivity (Wildman–Crippen MR) is 120 cm³/mol. The number of amides is 1. The molecule has 1 amide bonds. The van der Waals surface area contributed by atoms with E-state index < -0.39 is 0 Å². The first kappa shape index (κ1) is 23.1. The second-order valence-corrected chi connectivity index (χ2v) is 6.94. The minimum absolute atomic E-state index is 0.00672. The lowest BCUT2D eigenvalue weighted by Gasteiger charge is -2.18. The Balaban J connectivity index is 1.78. The molecule has 0 aliphatic carbocycles. The molecule has 1 unspecified atom stereocenters. The smallest absolute Gasteiger partial charge is 0.257 e. The highest BCUT2D eigenvalue weighted by molar-refractivity contribution is 5.79. The first-order chi connectivity index (χ1) is 14.5.